The van der Waals surface area contributed by atoms with Gasteiger partial charge in [0.05, 0.1) is 0 Å². The van der Waals surface area contributed by atoms with Crippen molar-refractivity contribution in [1.29, 1.82) is 0 Å². The van der Waals surface area contributed by atoms with Gasteiger partial charge < -0.3 is 15.1 Å². The Balaban J connectivity index is 1.28. The minimum Gasteiger partial charge on any atom is -0.342 e. The van der Waals surface area contributed by atoms with Gasteiger partial charge in [-0.25, -0.2) is 4.79 Å². The summed E-state index contributed by atoms with van der Waals surface area (Å²) in [5, 5.41) is 2.95. The van der Waals surface area contributed by atoms with Gasteiger partial charge in [-0.15, -0.1) is 0 Å². The number of carbonyl (C=O) groups excluding carboxylic acids is 4. The van der Waals surface area contributed by atoms with Crippen molar-refractivity contribution >= 4 is 23.8 Å². The van der Waals surface area contributed by atoms with Gasteiger partial charge in [0.1, 0.15) is 12.1 Å². The first kappa shape index (κ1) is 26.0. The third-order valence-electron chi connectivity index (χ3n) is 9.56. The van der Waals surface area contributed by atoms with Crippen LogP contribution in [0.5, 0.6) is 0 Å². The molecule has 0 bridgehead atoms. The molecule has 4 aliphatic rings. The molecule has 0 aromatic carbocycles. The molecule has 1 aliphatic carbocycles. The van der Waals surface area contributed by atoms with Gasteiger partial charge in [0.25, 0.3) is 5.91 Å². The standard InChI is InChI=1S/C27H44N4O4/c1-5-26(3,4)21-8-12-27(13-9-21)24(34)31(25(35)28-27)18-22(32)29-15-10-20(11-16-29)23(33)30-14-6-7-19(2)17-30/h19-21H,5-18H2,1-4H3,(H,28,35). The summed E-state index contributed by atoms with van der Waals surface area (Å²) < 4.78 is 0. The predicted molar refractivity (Wildman–Crippen MR) is 133 cm³/mol. The normalized spacial score (nSPS) is 30.7. The number of urea groups is 1. The zero-order valence-corrected chi connectivity index (χ0v) is 22.1. The Labute approximate surface area is 210 Å². The van der Waals surface area contributed by atoms with E-state index in [0.717, 1.165) is 43.7 Å². The Hall–Kier alpha value is -2.12. The molecule has 5 amide bonds. The van der Waals surface area contributed by atoms with Crippen LogP contribution in [0.25, 0.3) is 0 Å². The molecule has 4 rings (SSSR count). The second-order valence-electron chi connectivity index (χ2n) is 12.2. The molecule has 1 N–H and O–H groups in total. The molecule has 3 heterocycles. The van der Waals surface area contributed by atoms with Crippen molar-refractivity contribution < 1.29 is 19.2 Å². The summed E-state index contributed by atoms with van der Waals surface area (Å²) in [6, 6.07) is -0.444. The highest BCUT2D eigenvalue weighted by molar-refractivity contribution is 6.09. The van der Waals surface area contributed by atoms with Crippen molar-refractivity contribution in [2.45, 2.75) is 91.0 Å². The Kier molecular flexibility index (Phi) is 7.49. The van der Waals surface area contributed by atoms with E-state index in [4.69, 9.17) is 0 Å². The summed E-state index contributed by atoms with van der Waals surface area (Å²) in [5.41, 5.74) is -0.620. The maximum Gasteiger partial charge on any atom is 0.325 e. The van der Waals surface area contributed by atoms with Crippen molar-refractivity contribution in [3.63, 3.8) is 0 Å². The van der Waals surface area contributed by atoms with E-state index in [0.29, 0.717) is 50.6 Å². The van der Waals surface area contributed by atoms with Gasteiger partial charge in [-0.2, -0.15) is 0 Å². The summed E-state index contributed by atoms with van der Waals surface area (Å²) in [7, 11) is 0. The van der Waals surface area contributed by atoms with Crippen LogP contribution >= 0.6 is 0 Å². The zero-order valence-electron chi connectivity index (χ0n) is 22.1. The van der Waals surface area contributed by atoms with Gasteiger partial charge in [0.2, 0.25) is 11.8 Å². The van der Waals surface area contributed by atoms with Crippen LogP contribution in [0.3, 0.4) is 0 Å². The summed E-state index contributed by atoms with van der Waals surface area (Å²) in [6.07, 6.45) is 7.72. The molecule has 3 saturated heterocycles. The molecule has 0 radical (unpaired) electrons. The molecule has 4 fully saturated rings. The third-order valence-corrected chi connectivity index (χ3v) is 9.56. The first-order chi connectivity index (χ1) is 16.6. The lowest BCUT2D eigenvalue weighted by atomic mass is 9.65. The molecule has 8 heteroatoms. The predicted octanol–water partition coefficient (Wildman–Crippen LogP) is 3.40. The van der Waals surface area contributed by atoms with E-state index in [-0.39, 0.29) is 35.6 Å². The smallest absolute Gasteiger partial charge is 0.325 e. The van der Waals surface area contributed by atoms with Crippen LogP contribution in [0.4, 0.5) is 4.79 Å². The van der Waals surface area contributed by atoms with Gasteiger partial charge in [0.15, 0.2) is 0 Å². The van der Waals surface area contributed by atoms with E-state index in [9.17, 15) is 19.2 Å². The molecular formula is C27H44N4O4. The number of nitrogens with zero attached hydrogens (tertiary/aromatic N) is 3. The van der Waals surface area contributed by atoms with Gasteiger partial charge in [-0.05, 0) is 68.6 Å². The Morgan fingerprint density at radius 3 is 2.26 bits per heavy atom. The molecule has 8 nitrogen and oxygen atoms in total. The van der Waals surface area contributed by atoms with Gasteiger partial charge in [-0.3, -0.25) is 19.3 Å². The quantitative estimate of drug-likeness (QED) is 0.601. The molecule has 196 valence electrons. The van der Waals surface area contributed by atoms with Crippen molar-refractivity contribution in [2.75, 3.05) is 32.7 Å². The van der Waals surface area contributed by atoms with Crippen LogP contribution < -0.4 is 5.32 Å². The van der Waals surface area contributed by atoms with Crippen molar-refractivity contribution in [3.8, 4) is 0 Å². The number of hydrogen-bond acceptors (Lipinski definition) is 4. The van der Waals surface area contributed by atoms with Crippen LogP contribution in [0.15, 0.2) is 0 Å². The number of rotatable bonds is 5. The number of imide groups is 1. The fraction of sp³-hybridized carbons (Fsp3) is 0.852. The van der Waals surface area contributed by atoms with Gasteiger partial charge in [-0.1, -0.05) is 34.1 Å². The fourth-order valence-corrected chi connectivity index (χ4v) is 6.60. The number of carbonyl (C=O) groups is 4. The van der Waals surface area contributed by atoms with Gasteiger partial charge >= 0.3 is 6.03 Å². The van der Waals surface area contributed by atoms with E-state index in [2.05, 4.69) is 33.0 Å². The van der Waals surface area contributed by atoms with Crippen molar-refractivity contribution in [2.24, 2.45) is 23.2 Å². The summed E-state index contributed by atoms with van der Waals surface area (Å²) in [6.45, 7) is 11.4. The second kappa shape index (κ2) is 10.1. The second-order valence-corrected chi connectivity index (χ2v) is 12.2. The average Bonchev–Trinajstić information content (AvgIpc) is 3.07. The summed E-state index contributed by atoms with van der Waals surface area (Å²) in [5.74, 6) is 0.829. The summed E-state index contributed by atoms with van der Waals surface area (Å²) in [4.78, 5) is 56.8. The van der Waals surface area contributed by atoms with Crippen LogP contribution in [0.2, 0.25) is 0 Å². The van der Waals surface area contributed by atoms with E-state index < -0.39 is 11.6 Å². The molecule has 0 aromatic rings. The van der Waals surface area contributed by atoms with E-state index in [1.54, 1.807) is 4.90 Å². The Bertz CT molecular complexity index is 840. The number of nitrogens with one attached hydrogen (secondary N) is 1. The van der Waals surface area contributed by atoms with Crippen LogP contribution in [0, 0.1) is 23.2 Å². The minimum atomic E-state index is -0.845. The van der Waals surface area contributed by atoms with E-state index in [1.165, 1.54) is 6.42 Å². The van der Waals surface area contributed by atoms with E-state index in [1.807, 2.05) is 4.90 Å². The molecule has 1 saturated carbocycles. The molecule has 35 heavy (non-hydrogen) atoms. The highest BCUT2D eigenvalue weighted by atomic mass is 16.2. The lowest BCUT2D eigenvalue weighted by Crippen LogP contribution is -2.51. The Morgan fingerprint density at radius 2 is 1.66 bits per heavy atom. The minimum absolute atomic E-state index is 0.0353. The highest BCUT2D eigenvalue weighted by Crippen LogP contribution is 2.45. The van der Waals surface area contributed by atoms with Gasteiger partial charge in [0, 0.05) is 32.1 Å². The van der Waals surface area contributed by atoms with Crippen molar-refractivity contribution in [3.05, 3.63) is 0 Å². The number of hydrogen-bond donors (Lipinski definition) is 1. The zero-order chi connectivity index (χ0) is 25.4. The maximum atomic E-state index is 13.3. The van der Waals surface area contributed by atoms with Crippen LogP contribution in [0.1, 0.15) is 85.5 Å². The van der Waals surface area contributed by atoms with Crippen LogP contribution in [-0.2, 0) is 14.4 Å². The molecule has 3 aliphatic heterocycles. The summed E-state index contributed by atoms with van der Waals surface area (Å²) >= 11 is 0. The number of piperidine rings is 2. The molecule has 0 aromatic heterocycles. The first-order valence-electron chi connectivity index (χ1n) is 13.8. The monoisotopic (exact) mass is 488 g/mol. The number of likely N-dealkylation sites (tertiary alicyclic amines) is 2. The topological polar surface area (TPSA) is 90.0 Å². The molecular weight excluding hydrogens is 444 g/mol. The molecule has 1 atom stereocenters. The third kappa shape index (κ3) is 5.21. The fourth-order valence-electron chi connectivity index (χ4n) is 6.60. The average molecular weight is 489 g/mol. The van der Waals surface area contributed by atoms with Crippen LogP contribution in [-0.4, -0.2) is 76.7 Å². The van der Waals surface area contributed by atoms with Crippen molar-refractivity contribution in [1.82, 2.24) is 20.0 Å². The first-order valence-corrected chi connectivity index (χ1v) is 13.8. The largest absolute Gasteiger partial charge is 0.342 e. The molecule has 1 spiro atoms. The SMILES string of the molecule is CCC(C)(C)C1CCC2(CC1)NC(=O)N(CC(=O)N1CCC(C(=O)N3CCCC(C)C3)CC1)C2=O. The lowest BCUT2D eigenvalue weighted by molar-refractivity contribution is -0.143. The Morgan fingerprint density at radius 1 is 1.00 bits per heavy atom. The highest BCUT2D eigenvalue weighted by Gasteiger charge is 2.54. The lowest BCUT2D eigenvalue weighted by Gasteiger charge is -2.42. The number of amides is 5. The van der Waals surface area contributed by atoms with E-state index >= 15 is 0 Å². The molecule has 1 unspecified atom stereocenters. The maximum absolute atomic E-state index is 13.3.